The Balaban J connectivity index is 0.000000406. The van der Waals surface area contributed by atoms with Crippen LogP contribution in [-0.4, -0.2) is 6.09 Å². The van der Waals surface area contributed by atoms with Crippen molar-refractivity contribution in [2.75, 3.05) is 0 Å². The highest BCUT2D eigenvalue weighted by atomic mass is 16.5. The lowest BCUT2D eigenvalue weighted by molar-refractivity contribution is 0.211. The van der Waals surface area contributed by atoms with Gasteiger partial charge in [0, 0.05) is 0 Å². The summed E-state index contributed by atoms with van der Waals surface area (Å²) in [5, 5.41) is 0. The van der Waals surface area contributed by atoms with Gasteiger partial charge in [0.1, 0.15) is 5.75 Å². The first-order valence-corrected chi connectivity index (χ1v) is 8.73. The average molecular weight is 307 g/mol. The Labute approximate surface area is 136 Å². The highest BCUT2D eigenvalue weighted by molar-refractivity contribution is 5.67. The Morgan fingerprint density at radius 3 is 1.59 bits per heavy atom. The SMILES string of the molecule is CCCCCCCCCCCC.NC(=O)Oc1ccccc1. The molecule has 0 aliphatic carbocycles. The summed E-state index contributed by atoms with van der Waals surface area (Å²) in [6.45, 7) is 4.56. The molecule has 0 bridgehead atoms. The first-order valence-electron chi connectivity index (χ1n) is 8.73. The minimum absolute atomic E-state index is 0.468. The number of benzene rings is 1. The Morgan fingerprint density at radius 1 is 0.818 bits per heavy atom. The van der Waals surface area contributed by atoms with Crippen molar-refractivity contribution in [3.05, 3.63) is 30.3 Å². The summed E-state index contributed by atoms with van der Waals surface area (Å²) in [6, 6.07) is 8.67. The topological polar surface area (TPSA) is 52.3 Å². The van der Waals surface area contributed by atoms with Crippen LogP contribution in [0.3, 0.4) is 0 Å². The summed E-state index contributed by atoms with van der Waals surface area (Å²) in [6.07, 6.45) is 13.7. The number of rotatable bonds is 10. The lowest BCUT2D eigenvalue weighted by Crippen LogP contribution is -2.15. The molecular formula is C19H33NO2. The van der Waals surface area contributed by atoms with Gasteiger partial charge >= 0.3 is 6.09 Å². The molecule has 0 aliphatic rings. The van der Waals surface area contributed by atoms with Crippen molar-refractivity contribution in [3.63, 3.8) is 0 Å². The molecule has 22 heavy (non-hydrogen) atoms. The minimum atomic E-state index is -0.786. The summed E-state index contributed by atoms with van der Waals surface area (Å²) >= 11 is 0. The smallest absolute Gasteiger partial charge is 0.409 e. The van der Waals surface area contributed by atoms with Crippen molar-refractivity contribution in [1.82, 2.24) is 0 Å². The highest BCUT2D eigenvalue weighted by Crippen LogP contribution is 2.10. The predicted molar refractivity (Wildman–Crippen MR) is 94.2 cm³/mol. The molecule has 0 aliphatic heterocycles. The number of hydrogen-bond acceptors (Lipinski definition) is 2. The number of carbonyl (C=O) groups excluding carboxylic acids is 1. The van der Waals surface area contributed by atoms with Crippen molar-refractivity contribution in [2.45, 2.75) is 78.1 Å². The van der Waals surface area contributed by atoms with Crippen molar-refractivity contribution >= 4 is 6.09 Å². The lowest BCUT2D eigenvalue weighted by Gasteiger charge is -1.99. The van der Waals surface area contributed by atoms with E-state index in [1.807, 2.05) is 6.07 Å². The van der Waals surface area contributed by atoms with Crippen LogP contribution >= 0.6 is 0 Å². The summed E-state index contributed by atoms with van der Waals surface area (Å²) in [7, 11) is 0. The second kappa shape index (κ2) is 15.9. The lowest BCUT2D eigenvalue weighted by atomic mass is 10.1. The third kappa shape index (κ3) is 14.9. The molecule has 1 amide bonds. The summed E-state index contributed by atoms with van der Waals surface area (Å²) < 4.78 is 4.55. The number of amides is 1. The normalized spacial score (nSPS) is 9.73. The molecule has 2 N–H and O–H groups in total. The van der Waals surface area contributed by atoms with Gasteiger partial charge in [0.05, 0.1) is 0 Å². The molecule has 126 valence electrons. The van der Waals surface area contributed by atoms with Crippen LogP contribution in [0.25, 0.3) is 0 Å². The fraction of sp³-hybridized carbons (Fsp3) is 0.632. The molecule has 1 rings (SSSR count). The maximum atomic E-state index is 10.2. The van der Waals surface area contributed by atoms with Crippen LogP contribution in [0.15, 0.2) is 30.3 Å². The molecular weight excluding hydrogens is 274 g/mol. The first-order chi connectivity index (χ1) is 10.7. The second-order valence-electron chi connectivity index (χ2n) is 5.56. The van der Waals surface area contributed by atoms with Crippen LogP contribution < -0.4 is 10.5 Å². The zero-order valence-corrected chi connectivity index (χ0v) is 14.4. The molecule has 0 saturated heterocycles. The molecule has 0 saturated carbocycles. The van der Waals surface area contributed by atoms with E-state index < -0.39 is 6.09 Å². The molecule has 0 atom stereocenters. The molecule has 0 heterocycles. The van der Waals surface area contributed by atoms with Crippen LogP contribution in [0.1, 0.15) is 78.1 Å². The molecule has 0 unspecified atom stereocenters. The van der Waals surface area contributed by atoms with E-state index in [0.717, 1.165) is 0 Å². The van der Waals surface area contributed by atoms with E-state index in [4.69, 9.17) is 5.73 Å². The van der Waals surface area contributed by atoms with E-state index in [1.165, 1.54) is 64.2 Å². The van der Waals surface area contributed by atoms with E-state index in [0.29, 0.717) is 5.75 Å². The van der Waals surface area contributed by atoms with Crippen molar-refractivity contribution in [2.24, 2.45) is 5.73 Å². The van der Waals surface area contributed by atoms with Gasteiger partial charge in [0.2, 0.25) is 0 Å². The van der Waals surface area contributed by atoms with E-state index in [-0.39, 0.29) is 0 Å². The Kier molecular flexibility index (Phi) is 14.8. The van der Waals surface area contributed by atoms with Crippen molar-refractivity contribution in [1.29, 1.82) is 0 Å². The molecule has 0 aromatic heterocycles. The number of nitrogens with two attached hydrogens (primary N) is 1. The summed E-state index contributed by atoms with van der Waals surface area (Å²) in [5.41, 5.74) is 4.76. The van der Waals surface area contributed by atoms with Gasteiger partial charge in [-0.1, -0.05) is 96.3 Å². The first kappa shape index (κ1) is 20.5. The Morgan fingerprint density at radius 2 is 1.23 bits per heavy atom. The zero-order valence-electron chi connectivity index (χ0n) is 14.4. The minimum Gasteiger partial charge on any atom is -0.411 e. The molecule has 1 aromatic rings. The van der Waals surface area contributed by atoms with Gasteiger partial charge in [0.25, 0.3) is 0 Å². The standard InChI is InChI=1S/C12H26.C7H7NO2/c1-3-5-7-9-11-12-10-8-6-4-2;8-7(9)10-6-4-2-1-3-5-6/h3-12H2,1-2H3;1-5H,(H2,8,9). The monoisotopic (exact) mass is 307 g/mol. The maximum absolute atomic E-state index is 10.2. The number of unbranched alkanes of at least 4 members (excludes halogenated alkanes) is 9. The van der Waals surface area contributed by atoms with Crippen LogP contribution in [-0.2, 0) is 0 Å². The Bertz CT molecular complexity index is 342. The van der Waals surface area contributed by atoms with Gasteiger partial charge in [-0.25, -0.2) is 4.79 Å². The largest absolute Gasteiger partial charge is 0.411 e. The number of primary amides is 1. The van der Waals surface area contributed by atoms with Gasteiger partial charge in [-0.3, -0.25) is 0 Å². The van der Waals surface area contributed by atoms with Gasteiger partial charge < -0.3 is 10.5 Å². The number of para-hydroxylation sites is 1. The van der Waals surface area contributed by atoms with Gasteiger partial charge in [-0.2, -0.15) is 0 Å². The third-order valence-corrected chi connectivity index (χ3v) is 3.42. The van der Waals surface area contributed by atoms with Crippen molar-refractivity contribution in [3.8, 4) is 5.75 Å². The molecule has 0 radical (unpaired) electrons. The van der Waals surface area contributed by atoms with Gasteiger partial charge in [0.15, 0.2) is 0 Å². The molecule has 0 fully saturated rings. The van der Waals surface area contributed by atoms with Crippen LogP contribution in [0.4, 0.5) is 4.79 Å². The molecule has 3 heteroatoms. The van der Waals surface area contributed by atoms with E-state index >= 15 is 0 Å². The summed E-state index contributed by atoms with van der Waals surface area (Å²) in [4.78, 5) is 10.2. The predicted octanol–water partition coefficient (Wildman–Crippen LogP) is 6.07. The fourth-order valence-electron chi connectivity index (χ4n) is 2.17. The molecule has 1 aromatic carbocycles. The van der Waals surface area contributed by atoms with Crippen LogP contribution in [0, 0.1) is 0 Å². The number of carbonyl (C=O) groups is 1. The zero-order chi connectivity index (χ0) is 16.5. The van der Waals surface area contributed by atoms with Crippen LogP contribution in [0.2, 0.25) is 0 Å². The highest BCUT2D eigenvalue weighted by Gasteiger charge is 1.93. The molecule has 3 nitrogen and oxygen atoms in total. The average Bonchev–Trinajstić information content (AvgIpc) is 2.51. The quantitative estimate of drug-likeness (QED) is 0.533. The van der Waals surface area contributed by atoms with Gasteiger partial charge in [-0.05, 0) is 12.1 Å². The maximum Gasteiger partial charge on any atom is 0.409 e. The van der Waals surface area contributed by atoms with Crippen molar-refractivity contribution < 1.29 is 9.53 Å². The van der Waals surface area contributed by atoms with E-state index in [9.17, 15) is 4.79 Å². The fourth-order valence-corrected chi connectivity index (χ4v) is 2.17. The summed E-state index contributed by atoms with van der Waals surface area (Å²) in [5.74, 6) is 0.468. The second-order valence-corrected chi connectivity index (χ2v) is 5.56. The molecule has 0 spiro atoms. The third-order valence-electron chi connectivity index (χ3n) is 3.42. The van der Waals surface area contributed by atoms with Gasteiger partial charge in [-0.15, -0.1) is 0 Å². The van der Waals surface area contributed by atoms with Crippen LogP contribution in [0.5, 0.6) is 5.75 Å². The van der Waals surface area contributed by atoms with E-state index in [1.54, 1.807) is 24.3 Å². The van der Waals surface area contributed by atoms with E-state index in [2.05, 4.69) is 18.6 Å². The number of hydrogen-bond donors (Lipinski definition) is 1. The Hall–Kier alpha value is -1.51. The number of ether oxygens (including phenoxy) is 1.